The zero-order valence-electron chi connectivity index (χ0n) is 17.7. The fourth-order valence-electron chi connectivity index (χ4n) is 2.93. The van der Waals surface area contributed by atoms with E-state index in [1.807, 2.05) is 19.1 Å². The molecule has 0 heterocycles. The summed E-state index contributed by atoms with van der Waals surface area (Å²) in [5, 5.41) is 6.38. The Hall–Kier alpha value is -3.22. The second kappa shape index (κ2) is 10.4. The number of ether oxygens (including phenoxy) is 2. The Bertz CT molecular complexity index is 1110. The largest absolute Gasteiger partial charge is 0.495 e. The van der Waals surface area contributed by atoms with E-state index in [9.17, 15) is 9.59 Å². The van der Waals surface area contributed by atoms with E-state index in [0.717, 1.165) is 5.56 Å². The minimum atomic E-state index is -0.788. The molecule has 0 aliphatic rings. The van der Waals surface area contributed by atoms with Crippen LogP contribution < -0.4 is 20.1 Å². The highest BCUT2D eigenvalue weighted by Crippen LogP contribution is 2.26. The first-order valence-corrected chi connectivity index (χ1v) is 10.5. The van der Waals surface area contributed by atoms with Gasteiger partial charge < -0.3 is 20.1 Å². The van der Waals surface area contributed by atoms with Crippen molar-refractivity contribution in [3.8, 4) is 11.5 Å². The van der Waals surface area contributed by atoms with Gasteiger partial charge in [-0.2, -0.15) is 0 Å². The van der Waals surface area contributed by atoms with E-state index in [-0.39, 0.29) is 11.8 Å². The van der Waals surface area contributed by atoms with E-state index in [2.05, 4.69) is 10.6 Å². The maximum absolute atomic E-state index is 12.6. The summed E-state index contributed by atoms with van der Waals surface area (Å²) < 4.78 is 11.0. The number of nitrogens with one attached hydrogen (secondary N) is 2. The van der Waals surface area contributed by atoms with Crippen LogP contribution in [0, 0.1) is 6.92 Å². The van der Waals surface area contributed by atoms with Crippen LogP contribution in [0.2, 0.25) is 10.0 Å². The van der Waals surface area contributed by atoms with Crippen LogP contribution in [0.25, 0.3) is 0 Å². The summed E-state index contributed by atoms with van der Waals surface area (Å²) in [7, 11) is 1.55. The number of rotatable bonds is 7. The van der Waals surface area contributed by atoms with Crippen molar-refractivity contribution in [3.05, 3.63) is 81.8 Å². The summed E-state index contributed by atoms with van der Waals surface area (Å²) in [6, 6.07) is 16.8. The number of benzene rings is 3. The van der Waals surface area contributed by atoms with Gasteiger partial charge in [0.2, 0.25) is 0 Å². The second-order valence-corrected chi connectivity index (χ2v) is 7.96. The molecule has 0 bridgehead atoms. The summed E-state index contributed by atoms with van der Waals surface area (Å²) in [5.74, 6) is 0.368. The molecule has 1 atom stereocenters. The van der Waals surface area contributed by atoms with Gasteiger partial charge in [0.05, 0.1) is 12.8 Å². The van der Waals surface area contributed by atoms with E-state index in [4.69, 9.17) is 32.7 Å². The lowest BCUT2D eigenvalue weighted by atomic mass is 10.1. The molecule has 2 N–H and O–H groups in total. The van der Waals surface area contributed by atoms with Gasteiger partial charge >= 0.3 is 0 Å². The van der Waals surface area contributed by atoms with Crippen molar-refractivity contribution >= 4 is 46.4 Å². The first-order valence-electron chi connectivity index (χ1n) is 9.75. The van der Waals surface area contributed by atoms with Crippen LogP contribution in [-0.4, -0.2) is 25.0 Å². The Morgan fingerprint density at radius 1 is 0.906 bits per heavy atom. The molecule has 3 aromatic rings. The van der Waals surface area contributed by atoms with Crippen LogP contribution in [0.15, 0.2) is 60.7 Å². The summed E-state index contributed by atoms with van der Waals surface area (Å²) in [4.78, 5) is 25.0. The molecule has 0 saturated carbocycles. The van der Waals surface area contributed by atoms with Gasteiger partial charge in [0, 0.05) is 21.3 Å². The molecule has 6 nitrogen and oxygen atoms in total. The quantitative estimate of drug-likeness (QED) is 0.444. The molecule has 2 amide bonds. The minimum absolute atomic E-state index is 0.288. The van der Waals surface area contributed by atoms with Crippen LogP contribution in [0.1, 0.15) is 22.8 Å². The van der Waals surface area contributed by atoms with Crippen molar-refractivity contribution in [3.63, 3.8) is 0 Å². The monoisotopic (exact) mass is 472 g/mol. The Morgan fingerprint density at radius 2 is 1.56 bits per heavy atom. The zero-order valence-corrected chi connectivity index (χ0v) is 19.3. The third kappa shape index (κ3) is 6.15. The van der Waals surface area contributed by atoms with Gasteiger partial charge in [0.1, 0.15) is 11.5 Å². The van der Waals surface area contributed by atoms with Crippen molar-refractivity contribution in [2.75, 3.05) is 17.7 Å². The number of halogens is 2. The van der Waals surface area contributed by atoms with Crippen LogP contribution >= 0.6 is 23.2 Å². The third-order valence-corrected chi connectivity index (χ3v) is 4.97. The molecule has 0 saturated heterocycles. The third-order valence-electron chi connectivity index (χ3n) is 4.53. The molecule has 1 unspecified atom stereocenters. The van der Waals surface area contributed by atoms with Gasteiger partial charge in [-0.05, 0) is 74.0 Å². The predicted octanol–water partition coefficient (Wildman–Crippen LogP) is 5.97. The normalized spacial score (nSPS) is 11.4. The fourth-order valence-corrected chi connectivity index (χ4v) is 3.45. The fraction of sp³-hybridized carbons (Fsp3) is 0.167. The number of carbonyl (C=O) groups is 2. The Kier molecular flexibility index (Phi) is 7.62. The van der Waals surface area contributed by atoms with E-state index >= 15 is 0 Å². The number of methoxy groups -OCH3 is 1. The van der Waals surface area contributed by atoms with Crippen molar-refractivity contribution in [2.24, 2.45) is 0 Å². The number of hydrogen-bond donors (Lipinski definition) is 2. The number of carbonyl (C=O) groups excluding carboxylic acids is 2. The van der Waals surface area contributed by atoms with Gasteiger partial charge in [0.15, 0.2) is 6.10 Å². The summed E-state index contributed by atoms with van der Waals surface area (Å²) in [5.41, 5.74) is 2.49. The molecule has 0 aliphatic heterocycles. The molecule has 8 heteroatoms. The molecule has 0 spiro atoms. The molecule has 0 aliphatic carbocycles. The van der Waals surface area contributed by atoms with Crippen molar-refractivity contribution in [1.82, 2.24) is 0 Å². The average molecular weight is 473 g/mol. The van der Waals surface area contributed by atoms with Crippen LogP contribution in [0.4, 0.5) is 11.4 Å². The maximum Gasteiger partial charge on any atom is 0.265 e. The van der Waals surface area contributed by atoms with E-state index in [0.29, 0.717) is 38.5 Å². The topological polar surface area (TPSA) is 76.7 Å². The Morgan fingerprint density at radius 3 is 2.19 bits per heavy atom. The molecule has 32 heavy (non-hydrogen) atoms. The average Bonchev–Trinajstić information content (AvgIpc) is 2.73. The highest BCUT2D eigenvalue weighted by atomic mass is 35.5. The highest BCUT2D eigenvalue weighted by molar-refractivity contribution is 6.35. The lowest BCUT2D eigenvalue weighted by molar-refractivity contribution is -0.122. The summed E-state index contributed by atoms with van der Waals surface area (Å²) in [6.45, 7) is 3.55. The number of aryl methyl sites for hydroxylation is 1. The lowest BCUT2D eigenvalue weighted by Crippen LogP contribution is -2.30. The van der Waals surface area contributed by atoms with Gasteiger partial charge in [-0.3, -0.25) is 9.59 Å². The van der Waals surface area contributed by atoms with E-state index < -0.39 is 6.10 Å². The van der Waals surface area contributed by atoms with Gasteiger partial charge in [0.25, 0.3) is 11.8 Å². The summed E-state index contributed by atoms with van der Waals surface area (Å²) >= 11 is 11.9. The van der Waals surface area contributed by atoms with Crippen molar-refractivity contribution in [2.45, 2.75) is 20.0 Å². The minimum Gasteiger partial charge on any atom is -0.495 e. The first-order chi connectivity index (χ1) is 15.2. The Labute approximate surface area is 196 Å². The number of anilines is 2. The first kappa shape index (κ1) is 23.4. The second-order valence-electron chi connectivity index (χ2n) is 7.09. The van der Waals surface area contributed by atoms with Gasteiger partial charge in [-0.15, -0.1) is 0 Å². The van der Waals surface area contributed by atoms with Crippen LogP contribution in [0.5, 0.6) is 11.5 Å². The van der Waals surface area contributed by atoms with E-state index in [1.54, 1.807) is 62.6 Å². The molecule has 166 valence electrons. The summed E-state index contributed by atoms with van der Waals surface area (Å²) in [6.07, 6.45) is -0.788. The van der Waals surface area contributed by atoms with Gasteiger partial charge in [-0.25, -0.2) is 0 Å². The smallest absolute Gasteiger partial charge is 0.265 e. The molecule has 3 aromatic carbocycles. The molecule has 0 aromatic heterocycles. The molecule has 3 rings (SSSR count). The molecule has 0 fully saturated rings. The highest BCUT2D eigenvalue weighted by Gasteiger charge is 2.16. The van der Waals surface area contributed by atoms with Gasteiger partial charge in [-0.1, -0.05) is 29.3 Å². The Balaban J connectivity index is 1.62. The predicted molar refractivity (Wildman–Crippen MR) is 127 cm³/mol. The molecule has 0 radical (unpaired) electrons. The number of hydrogen-bond acceptors (Lipinski definition) is 4. The van der Waals surface area contributed by atoms with Crippen LogP contribution in [-0.2, 0) is 4.79 Å². The lowest BCUT2D eigenvalue weighted by Gasteiger charge is -2.15. The maximum atomic E-state index is 12.6. The van der Waals surface area contributed by atoms with Crippen molar-refractivity contribution < 1.29 is 19.1 Å². The van der Waals surface area contributed by atoms with Crippen molar-refractivity contribution in [1.29, 1.82) is 0 Å². The zero-order chi connectivity index (χ0) is 23.3. The standard InChI is InChI=1S/C24H22Cl2N2O4/c1-14-4-9-22(31-3)21(10-14)28-24(30)16-5-7-20(8-6-16)32-15(2)23(29)27-19-12-17(25)11-18(26)13-19/h4-13,15H,1-3H3,(H,27,29)(H,28,30). The SMILES string of the molecule is COc1ccc(C)cc1NC(=O)c1ccc(OC(C)C(=O)Nc2cc(Cl)cc(Cl)c2)cc1. The molecular formula is C24H22Cl2N2O4. The van der Waals surface area contributed by atoms with Crippen LogP contribution in [0.3, 0.4) is 0 Å². The number of amides is 2. The van der Waals surface area contributed by atoms with E-state index in [1.165, 1.54) is 0 Å². The molecular weight excluding hydrogens is 451 g/mol.